The van der Waals surface area contributed by atoms with E-state index in [2.05, 4.69) is 4.98 Å². The van der Waals surface area contributed by atoms with E-state index in [0.29, 0.717) is 25.4 Å². The number of hydrogen-bond acceptors (Lipinski definition) is 4. The molecule has 1 aliphatic heterocycles. The number of pyridine rings is 1. The lowest BCUT2D eigenvalue weighted by molar-refractivity contribution is 0.0767. The number of nitrogens with zero attached hydrogens (tertiary/aromatic N) is 2. The van der Waals surface area contributed by atoms with Crippen LogP contribution in [-0.4, -0.2) is 40.1 Å². The Kier molecular flexibility index (Phi) is 4.34. The number of halogens is 2. The highest BCUT2D eigenvalue weighted by Crippen LogP contribution is 2.30. The van der Waals surface area contributed by atoms with Crippen LogP contribution >= 0.6 is 11.6 Å². The third kappa shape index (κ3) is 3.37. The lowest BCUT2D eigenvalue weighted by Gasteiger charge is -2.18. The third-order valence-corrected chi connectivity index (χ3v) is 3.90. The Morgan fingerprint density at radius 1 is 1.43 bits per heavy atom. The molecule has 1 aromatic carbocycles. The van der Waals surface area contributed by atoms with Crippen LogP contribution in [0.5, 0.6) is 11.6 Å². The van der Waals surface area contributed by atoms with Gasteiger partial charge in [0.2, 0.25) is 5.88 Å². The van der Waals surface area contributed by atoms with E-state index in [1.54, 1.807) is 18.3 Å². The summed E-state index contributed by atoms with van der Waals surface area (Å²) in [5.41, 5.74) is -0.145. The Balaban J connectivity index is 1.70. The highest BCUT2D eigenvalue weighted by atomic mass is 35.5. The number of phenolic OH excluding ortho intramolecular Hbond substituents is 1. The number of rotatable bonds is 3. The molecule has 0 unspecified atom stereocenters. The minimum absolute atomic E-state index is 0.145. The zero-order valence-electron chi connectivity index (χ0n) is 12.1. The Morgan fingerprint density at radius 2 is 2.26 bits per heavy atom. The summed E-state index contributed by atoms with van der Waals surface area (Å²) in [7, 11) is 0. The summed E-state index contributed by atoms with van der Waals surface area (Å²) < 4.78 is 19.1. The van der Waals surface area contributed by atoms with Gasteiger partial charge in [-0.25, -0.2) is 9.37 Å². The molecule has 7 heteroatoms. The SMILES string of the molecule is O=C(c1cc(F)cc(Cl)c1O)N1CC[C@H](Oc2ccccn2)C1. The van der Waals surface area contributed by atoms with E-state index in [1.807, 2.05) is 6.07 Å². The van der Waals surface area contributed by atoms with E-state index in [1.165, 1.54) is 4.90 Å². The molecule has 1 saturated heterocycles. The van der Waals surface area contributed by atoms with Crippen molar-refractivity contribution in [3.05, 3.63) is 52.9 Å². The van der Waals surface area contributed by atoms with Gasteiger partial charge in [0.25, 0.3) is 5.91 Å². The molecular weight excluding hydrogens is 323 g/mol. The van der Waals surface area contributed by atoms with Gasteiger partial charge in [0.05, 0.1) is 17.1 Å². The van der Waals surface area contributed by atoms with Gasteiger partial charge in [-0.05, 0) is 18.2 Å². The number of amides is 1. The van der Waals surface area contributed by atoms with Gasteiger partial charge in [-0.15, -0.1) is 0 Å². The molecule has 1 amide bonds. The zero-order valence-corrected chi connectivity index (χ0v) is 12.8. The van der Waals surface area contributed by atoms with Crippen molar-refractivity contribution in [1.82, 2.24) is 9.88 Å². The quantitative estimate of drug-likeness (QED) is 0.936. The lowest BCUT2D eigenvalue weighted by atomic mass is 10.1. The highest BCUT2D eigenvalue weighted by Gasteiger charge is 2.30. The first-order valence-corrected chi connectivity index (χ1v) is 7.47. The van der Waals surface area contributed by atoms with Crippen molar-refractivity contribution in [3.8, 4) is 11.6 Å². The van der Waals surface area contributed by atoms with Gasteiger partial charge in [0.15, 0.2) is 0 Å². The van der Waals surface area contributed by atoms with Crippen molar-refractivity contribution < 1.29 is 19.0 Å². The first kappa shape index (κ1) is 15.6. The number of aromatic hydroxyl groups is 1. The third-order valence-electron chi connectivity index (χ3n) is 3.62. The largest absolute Gasteiger partial charge is 0.506 e. The van der Waals surface area contributed by atoms with Crippen LogP contribution in [0.3, 0.4) is 0 Å². The van der Waals surface area contributed by atoms with Gasteiger partial charge in [-0.1, -0.05) is 17.7 Å². The molecule has 1 aromatic heterocycles. The summed E-state index contributed by atoms with van der Waals surface area (Å²) in [4.78, 5) is 18.0. The van der Waals surface area contributed by atoms with Crippen LogP contribution in [0.4, 0.5) is 4.39 Å². The molecule has 23 heavy (non-hydrogen) atoms. The maximum atomic E-state index is 13.4. The van der Waals surface area contributed by atoms with Gasteiger partial charge in [0, 0.05) is 25.2 Å². The van der Waals surface area contributed by atoms with Gasteiger partial charge in [-0.3, -0.25) is 4.79 Å². The smallest absolute Gasteiger partial charge is 0.257 e. The number of likely N-dealkylation sites (tertiary alicyclic amines) is 1. The molecule has 1 atom stereocenters. The summed E-state index contributed by atoms with van der Waals surface area (Å²) in [5, 5.41) is 9.68. The van der Waals surface area contributed by atoms with E-state index in [0.717, 1.165) is 12.1 Å². The molecule has 0 spiro atoms. The van der Waals surface area contributed by atoms with Gasteiger partial charge >= 0.3 is 0 Å². The molecule has 120 valence electrons. The zero-order chi connectivity index (χ0) is 16.4. The van der Waals surface area contributed by atoms with Gasteiger partial charge < -0.3 is 14.7 Å². The van der Waals surface area contributed by atoms with Crippen molar-refractivity contribution in [2.45, 2.75) is 12.5 Å². The van der Waals surface area contributed by atoms with Crippen molar-refractivity contribution in [3.63, 3.8) is 0 Å². The number of hydrogen-bond donors (Lipinski definition) is 1. The van der Waals surface area contributed by atoms with Crippen LogP contribution < -0.4 is 4.74 Å². The Bertz CT molecular complexity index is 727. The summed E-state index contributed by atoms with van der Waals surface area (Å²) in [6.07, 6.45) is 2.06. The standard InChI is InChI=1S/C16H14ClFN2O3/c17-13-8-10(18)7-12(15(13)21)16(22)20-6-4-11(9-20)23-14-3-1-2-5-19-14/h1-3,5,7-8,11,21H,4,6,9H2/t11-/m0/s1. The van der Waals surface area contributed by atoms with Crippen LogP contribution in [0, 0.1) is 5.82 Å². The molecule has 2 aromatic rings. The molecule has 3 rings (SSSR count). The minimum Gasteiger partial charge on any atom is -0.506 e. The fraction of sp³-hybridized carbons (Fsp3) is 0.250. The van der Waals surface area contributed by atoms with E-state index in [4.69, 9.17) is 16.3 Å². The molecule has 0 aliphatic carbocycles. The van der Waals surface area contributed by atoms with Crippen LogP contribution in [0.2, 0.25) is 5.02 Å². The van der Waals surface area contributed by atoms with E-state index in [-0.39, 0.29) is 16.7 Å². The lowest BCUT2D eigenvalue weighted by Crippen LogP contribution is -2.31. The maximum Gasteiger partial charge on any atom is 0.257 e. The second-order valence-electron chi connectivity index (χ2n) is 5.23. The predicted octanol–water partition coefficient (Wildman–Crippen LogP) is 2.87. The van der Waals surface area contributed by atoms with Crippen LogP contribution in [-0.2, 0) is 0 Å². The second kappa shape index (κ2) is 6.42. The average Bonchev–Trinajstić information content (AvgIpc) is 2.99. The van der Waals surface area contributed by atoms with Gasteiger partial charge in [-0.2, -0.15) is 0 Å². The Hall–Kier alpha value is -2.34. The average molecular weight is 337 g/mol. The topological polar surface area (TPSA) is 62.7 Å². The van der Waals surface area contributed by atoms with Crippen LogP contribution in [0.25, 0.3) is 0 Å². The Labute approximate surface area is 137 Å². The minimum atomic E-state index is -0.670. The second-order valence-corrected chi connectivity index (χ2v) is 5.64. The van der Waals surface area contributed by atoms with Crippen molar-refractivity contribution in [2.75, 3.05) is 13.1 Å². The monoisotopic (exact) mass is 336 g/mol. The van der Waals surface area contributed by atoms with E-state index < -0.39 is 17.5 Å². The summed E-state index contributed by atoms with van der Waals surface area (Å²) in [6, 6.07) is 7.28. The van der Waals surface area contributed by atoms with Crippen LogP contribution in [0.1, 0.15) is 16.8 Å². The molecule has 2 heterocycles. The molecule has 0 bridgehead atoms. The molecule has 1 fully saturated rings. The van der Waals surface area contributed by atoms with E-state index in [9.17, 15) is 14.3 Å². The normalized spacial score (nSPS) is 17.3. The fourth-order valence-corrected chi connectivity index (χ4v) is 2.70. The van der Waals surface area contributed by atoms with Crippen molar-refractivity contribution >= 4 is 17.5 Å². The first-order chi connectivity index (χ1) is 11.0. The Morgan fingerprint density at radius 3 is 3.00 bits per heavy atom. The first-order valence-electron chi connectivity index (χ1n) is 7.09. The number of carbonyl (C=O) groups is 1. The van der Waals surface area contributed by atoms with Gasteiger partial charge in [0.1, 0.15) is 17.7 Å². The highest BCUT2D eigenvalue weighted by molar-refractivity contribution is 6.32. The van der Waals surface area contributed by atoms with E-state index >= 15 is 0 Å². The molecular formula is C16H14ClFN2O3. The summed E-state index contributed by atoms with van der Waals surface area (Å²) in [5.74, 6) is -1.07. The number of phenols is 1. The van der Waals surface area contributed by atoms with Crippen LogP contribution in [0.15, 0.2) is 36.5 Å². The predicted molar refractivity (Wildman–Crippen MR) is 82.2 cm³/mol. The molecule has 0 saturated carbocycles. The summed E-state index contributed by atoms with van der Waals surface area (Å²) >= 11 is 5.71. The molecule has 5 nitrogen and oxygen atoms in total. The molecule has 1 aliphatic rings. The fourth-order valence-electron chi connectivity index (χ4n) is 2.50. The molecule has 1 N–H and O–H groups in total. The number of carbonyl (C=O) groups excluding carboxylic acids is 1. The number of benzene rings is 1. The van der Waals surface area contributed by atoms with Crippen molar-refractivity contribution in [1.29, 1.82) is 0 Å². The van der Waals surface area contributed by atoms with Crippen molar-refractivity contribution in [2.24, 2.45) is 0 Å². The maximum absolute atomic E-state index is 13.4. The number of ether oxygens (including phenoxy) is 1. The molecule has 0 radical (unpaired) electrons. The summed E-state index contributed by atoms with van der Waals surface area (Å²) in [6.45, 7) is 0.785. The number of aromatic nitrogens is 1.